The Labute approximate surface area is 112 Å². The molecule has 2 aromatic heterocycles. The maximum Gasteiger partial charge on any atom is 0.358 e. The van der Waals surface area contributed by atoms with E-state index in [1.807, 2.05) is 13.8 Å². The van der Waals surface area contributed by atoms with Gasteiger partial charge in [0.25, 0.3) is 6.43 Å². The van der Waals surface area contributed by atoms with Gasteiger partial charge in [0.15, 0.2) is 5.69 Å². The lowest BCUT2D eigenvalue weighted by atomic mass is 10.3. The Kier molecular flexibility index (Phi) is 3.72. The molecule has 0 fully saturated rings. The number of carbonyl (C=O) groups is 1. The van der Waals surface area contributed by atoms with Crippen molar-refractivity contribution in [3.05, 3.63) is 23.5 Å². The van der Waals surface area contributed by atoms with E-state index in [1.54, 1.807) is 0 Å². The number of nitrogens with zero attached hydrogens (tertiary/aromatic N) is 6. The van der Waals surface area contributed by atoms with Gasteiger partial charge in [-0.05, 0) is 13.8 Å². The molecule has 20 heavy (non-hydrogen) atoms. The van der Waals surface area contributed by atoms with E-state index in [0.717, 1.165) is 4.68 Å². The zero-order valence-corrected chi connectivity index (χ0v) is 10.7. The summed E-state index contributed by atoms with van der Waals surface area (Å²) in [5.74, 6) is -1.15. The summed E-state index contributed by atoms with van der Waals surface area (Å²) in [6.07, 6.45) is -1.70. The van der Waals surface area contributed by atoms with Gasteiger partial charge in [-0.15, -0.1) is 5.10 Å². The second-order valence-electron chi connectivity index (χ2n) is 4.30. The van der Waals surface area contributed by atoms with E-state index < -0.39 is 23.8 Å². The van der Waals surface area contributed by atoms with Gasteiger partial charge in [0.2, 0.25) is 0 Å². The largest absolute Gasteiger partial charge is 0.476 e. The molecule has 2 heterocycles. The van der Waals surface area contributed by atoms with Gasteiger partial charge in [-0.2, -0.15) is 5.10 Å². The van der Waals surface area contributed by atoms with Crippen molar-refractivity contribution in [1.82, 2.24) is 29.8 Å². The molecular weight excluding hydrogens is 274 g/mol. The van der Waals surface area contributed by atoms with Crippen LogP contribution in [-0.2, 0) is 6.54 Å². The van der Waals surface area contributed by atoms with Gasteiger partial charge in [-0.3, -0.25) is 0 Å². The molecule has 0 aliphatic heterocycles. The highest BCUT2D eigenvalue weighted by atomic mass is 19.3. The minimum atomic E-state index is -2.99. The van der Waals surface area contributed by atoms with E-state index in [0.29, 0.717) is 5.82 Å². The van der Waals surface area contributed by atoms with Gasteiger partial charge in [0.05, 0.1) is 0 Å². The molecule has 10 heteroatoms. The fourth-order valence-corrected chi connectivity index (χ4v) is 1.76. The molecule has 8 nitrogen and oxygen atoms in total. The van der Waals surface area contributed by atoms with Crippen molar-refractivity contribution in [3.8, 4) is 0 Å². The highest BCUT2D eigenvalue weighted by Gasteiger charge is 2.27. The highest BCUT2D eigenvalue weighted by Crippen LogP contribution is 2.22. The number of aromatic nitrogens is 6. The molecule has 0 amide bonds. The minimum absolute atomic E-state index is 0.00929. The second kappa shape index (κ2) is 5.31. The van der Waals surface area contributed by atoms with Crippen LogP contribution >= 0.6 is 0 Å². The van der Waals surface area contributed by atoms with Gasteiger partial charge in [0.1, 0.15) is 24.4 Å². The summed E-state index contributed by atoms with van der Waals surface area (Å²) in [5.41, 5.74) is -1.49. The Hall–Kier alpha value is -2.39. The Morgan fingerprint density at radius 2 is 2.15 bits per heavy atom. The third-order valence-electron chi connectivity index (χ3n) is 2.61. The maximum absolute atomic E-state index is 13.0. The zero-order chi connectivity index (χ0) is 14.9. The first kappa shape index (κ1) is 14.0. The van der Waals surface area contributed by atoms with Gasteiger partial charge in [-0.1, -0.05) is 5.21 Å². The van der Waals surface area contributed by atoms with E-state index in [2.05, 4.69) is 20.4 Å². The molecule has 0 saturated carbocycles. The molecule has 0 saturated heterocycles. The summed E-state index contributed by atoms with van der Waals surface area (Å²) >= 11 is 0. The average Bonchev–Trinajstić information content (AvgIpc) is 2.95. The van der Waals surface area contributed by atoms with Crippen LogP contribution in [0.2, 0.25) is 0 Å². The van der Waals surface area contributed by atoms with Crippen molar-refractivity contribution in [2.45, 2.75) is 32.9 Å². The number of alkyl halides is 2. The fraction of sp³-hybridized carbons (Fsp3) is 0.500. The topological polar surface area (TPSA) is 98.7 Å². The van der Waals surface area contributed by atoms with Crippen LogP contribution in [0, 0.1) is 0 Å². The quantitative estimate of drug-likeness (QED) is 0.884. The lowest BCUT2D eigenvalue weighted by molar-refractivity contribution is 0.0675. The first-order chi connectivity index (χ1) is 9.41. The van der Waals surface area contributed by atoms with E-state index in [9.17, 15) is 13.6 Å². The van der Waals surface area contributed by atoms with E-state index in [1.165, 1.54) is 11.0 Å². The van der Waals surface area contributed by atoms with Crippen LogP contribution in [0.15, 0.2) is 6.33 Å². The Bertz CT molecular complexity index is 621. The van der Waals surface area contributed by atoms with Crippen LogP contribution < -0.4 is 0 Å². The first-order valence-electron chi connectivity index (χ1n) is 5.75. The van der Waals surface area contributed by atoms with Gasteiger partial charge >= 0.3 is 5.97 Å². The number of carboxylic acid groups (broad SMARTS) is 1. The van der Waals surface area contributed by atoms with Crippen LogP contribution in [0.25, 0.3) is 0 Å². The fourth-order valence-electron chi connectivity index (χ4n) is 1.76. The van der Waals surface area contributed by atoms with Crippen LogP contribution in [0.4, 0.5) is 8.78 Å². The summed E-state index contributed by atoms with van der Waals surface area (Å²) < 4.78 is 28.3. The number of hydrogen-bond acceptors (Lipinski definition) is 5. The van der Waals surface area contributed by atoms with Crippen molar-refractivity contribution in [2.24, 2.45) is 0 Å². The van der Waals surface area contributed by atoms with E-state index in [-0.39, 0.29) is 12.6 Å². The SMILES string of the molecule is CC(C)n1ncnc1Cn1nnc(C(=O)O)c1C(F)F. The molecule has 0 aliphatic rings. The second-order valence-corrected chi connectivity index (χ2v) is 4.30. The monoisotopic (exact) mass is 286 g/mol. The number of halogens is 2. The predicted octanol–water partition coefficient (Wildman–Crippen LogP) is 1.13. The summed E-state index contributed by atoms with van der Waals surface area (Å²) in [4.78, 5) is 14.8. The average molecular weight is 286 g/mol. The van der Waals surface area contributed by atoms with Crippen LogP contribution in [0.1, 0.15) is 48.3 Å². The first-order valence-corrected chi connectivity index (χ1v) is 5.75. The molecule has 0 radical (unpaired) electrons. The van der Waals surface area contributed by atoms with Gasteiger partial charge in [-0.25, -0.2) is 27.9 Å². The number of aromatic carboxylic acids is 1. The number of carboxylic acids is 1. The molecule has 0 bridgehead atoms. The lowest BCUT2D eigenvalue weighted by Gasteiger charge is -2.10. The molecule has 0 unspecified atom stereocenters. The summed E-state index contributed by atoms with van der Waals surface area (Å²) in [7, 11) is 0. The molecule has 1 N–H and O–H groups in total. The van der Waals surface area contributed by atoms with Crippen molar-refractivity contribution < 1.29 is 18.7 Å². The molecule has 2 aromatic rings. The minimum Gasteiger partial charge on any atom is -0.476 e. The van der Waals surface area contributed by atoms with Crippen molar-refractivity contribution in [2.75, 3.05) is 0 Å². The molecule has 0 spiro atoms. The standard InChI is InChI=1S/C10H12F2N6O2/c1-5(2)18-6(13-4-14-18)3-17-8(9(11)12)7(10(19)20)15-16-17/h4-5,9H,3H2,1-2H3,(H,19,20). The van der Waals surface area contributed by atoms with Gasteiger partial charge in [0, 0.05) is 6.04 Å². The number of hydrogen-bond donors (Lipinski definition) is 1. The lowest BCUT2D eigenvalue weighted by Crippen LogP contribution is -2.15. The van der Waals surface area contributed by atoms with Gasteiger partial charge < -0.3 is 5.11 Å². The van der Waals surface area contributed by atoms with Crippen LogP contribution in [-0.4, -0.2) is 40.8 Å². The molecule has 0 atom stereocenters. The summed E-state index contributed by atoms with van der Waals surface area (Å²) in [5, 5.41) is 19.5. The summed E-state index contributed by atoms with van der Waals surface area (Å²) in [6.45, 7) is 3.59. The molecule has 108 valence electrons. The molecule has 0 aliphatic carbocycles. The normalized spacial score (nSPS) is 11.5. The Balaban J connectivity index is 2.39. The van der Waals surface area contributed by atoms with Crippen molar-refractivity contribution in [3.63, 3.8) is 0 Å². The zero-order valence-electron chi connectivity index (χ0n) is 10.7. The molecule has 0 aromatic carbocycles. The Morgan fingerprint density at radius 1 is 1.45 bits per heavy atom. The molecule has 2 rings (SSSR count). The van der Waals surface area contributed by atoms with Crippen LogP contribution in [0.3, 0.4) is 0 Å². The van der Waals surface area contributed by atoms with Crippen molar-refractivity contribution in [1.29, 1.82) is 0 Å². The highest BCUT2D eigenvalue weighted by molar-refractivity contribution is 5.86. The van der Waals surface area contributed by atoms with E-state index in [4.69, 9.17) is 5.11 Å². The third-order valence-corrected chi connectivity index (χ3v) is 2.61. The third kappa shape index (κ3) is 2.49. The van der Waals surface area contributed by atoms with Crippen molar-refractivity contribution >= 4 is 5.97 Å². The maximum atomic E-state index is 13.0. The predicted molar refractivity (Wildman–Crippen MR) is 61.4 cm³/mol. The molecular formula is C10H12F2N6O2. The summed E-state index contributed by atoms with van der Waals surface area (Å²) in [6, 6.07) is -0.00929. The van der Waals surface area contributed by atoms with Crippen LogP contribution in [0.5, 0.6) is 0 Å². The van der Waals surface area contributed by atoms with E-state index >= 15 is 0 Å². The Morgan fingerprint density at radius 3 is 2.70 bits per heavy atom. The number of rotatable bonds is 5. The smallest absolute Gasteiger partial charge is 0.358 e.